The zero-order valence-corrected chi connectivity index (χ0v) is 12.1. The number of fused-ring (bicyclic) bond motifs is 1. The topological polar surface area (TPSA) is 72.0 Å². The molecular formula is C12H12N2O3S2. The van der Waals surface area contributed by atoms with Gasteiger partial charge in [-0.3, -0.25) is 9.59 Å². The van der Waals surface area contributed by atoms with Gasteiger partial charge in [0.1, 0.15) is 10.1 Å². The fourth-order valence-corrected chi connectivity index (χ4v) is 4.04. The zero-order chi connectivity index (χ0) is 13.6. The summed E-state index contributed by atoms with van der Waals surface area (Å²) in [5.41, 5.74) is 0.839. The highest BCUT2D eigenvalue weighted by Crippen LogP contribution is 2.30. The summed E-state index contributed by atoms with van der Waals surface area (Å²) in [7, 11) is 0. The monoisotopic (exact) mass is 296 g/mol. The van der Waals surface area contributed by atoms with Crippen LogP contribution in [0.1, 0.15) is 16.9 Å². The smallest absolute Gasteiger partial charge is 0.319 e. The lowest BCUT2D eigenvalue weighted by atomic mass is 10.2. The highest BCUT2D eigenvalue weighted by Gasteiger charge is 2.28. The second-order valence-electron chi connectivity index (χ2n) is 4.40. The number of cyclic esters (lactones) is 1. The van der Waals surface area contributed by atoms with E-state index in [-0.39, 0.29) is 16.8 Å². The molecule has 1 fully saturated rings. The average molecular weight is 296 g/mol. The maximum absolute atomic E-state index is 12.1. The van der Waals surface area contributed by atoms with Crippen LogP contribution in [0, 0.1) is 13.8 Å². The first kappa shape index (κ1) is 12.7. The molecule has 0 bridgehead atoms. The van der Waals surface area contributed by atoms with Crippen LogP contribution in [0.5, 0.6) is 0 Å². The first-order valence-corrected chi connectivity index (χ1v) is 7.59. The van der Waals surface area contributed by atoms with E-state index in [9.17, 15) is 9.59 Å². The summed E-state index contributed by atoms with van der Waals surface area (Å²) < 4.78 is 4.90. The highest BCUT2D eigenvalue weighted by atomic mass is 32.2. The zero-order valence-electron chi connectivity index (χ0n) is 10.5. The van der Waals surface area contributed by atoms with E-state index in [1.54, 1.807) is 0 Å². The van der Waals surface area contributed by atoms with Gasteiger partial charge in [-0.2, -0.15) is 0 Å². The molecule has 100 valence electrons. The molecule has 1 saturated heterocycles. The van der Waals surface area contributed by atoms with Crippen LogP contribution in [0.2, 0.25) is 0 Å². The fraction of sp³-hybridized carbons (Fsp3) is 0.417. The predicted molar refractivity (Wildman–Crippen MR) is 74.9 cm³/mol. The van der Waals surface area contributed by atoms with Crippen LogP contribution in [-0.4, -0.2) is 27.8 Å². The van der Waals surface area contributed by atoms with Crippen molar-refractivity contribution in [1.29, 1.82) is 0 Å². The number of hydrogen-bond donors (Lipinski definition) is 1. The Hall–Kier alpha value is -1.34. The summed E-state index contributed by atoms with van der Waals surface area (Å²) in [6, 6.07) is 0. The van der Waals surface area contributed by atoms with E-state index in [1.807, 2.05) is 13.8 Å². The number of nitrogens with zero attached hydrogens (tertiary/aromatic N) is 1. The molecule has 0 saturated carbocycles. The van der Waals surface area contributed by atoms with Crippen molar-refractivity contribution in [3.63, 3.8) is 0 Å². The largest absolute Gasteiger partial charge is 0.465 e. The van der Waals surface area contributed by atoms with Crippen molar-refractivity contribution in [1.82, 2.24) is 9.97 Å². The van der Waals surface area contributed by atoms with Gasteiger partial charge in [-0.25, -0.2) is 4.98 Å². The summed E-state index contributed by atoms with van der Waals surface area (Å²) in [4.78, 5) is 32.5. The Morgan fingerprint density at radius 1 is 1.42 bits per heavy atom. The summed E-state index contributed by atoms with van der Waals surface area (Å²) in [6.45, 7) is 4.34. The molecule has 19 heavy (non-hydrogen) atoms. The van der Waals surface area contributed by atoms with Crippen molar-refractivity contribution in [2.75, 3.05) is 6.61 Å². The lowest BCUT2D eigenvalue weighted by Gasteiger charge is -2.04. The number of thiophene rings is 1. The quantitative estimate of drug-likeness (QED) is 0.678. The lowest BCUT2D eigenvalue weighted by Crippen LogP contribution is -2.13. The van der Waals surface area contributed by atoms with Crippen LogP contribution in [-0.2, 0) is 9.53 Å². The summed E-state index contributed by atoms with van der Waals surface area (Å²) in [6.07, 6.45) is 0.660. The molecule has 0 amide bonds. The van der Waals surface area contributed by atoms with Crippen molar-refractivity contribution < 1.29 is 9.53 Å². The molecule has 3 heterocycles. The minimum Gasteiger partial charge on any atom is -0.465 e. The number of esters is 1. The average Bonchev–Trinajstić information content (AvgIpc) is 2.85. The van der Waals surface area contributed by atoms with Gasteiger partial charge in [-0.15, -0.1) is 11.3 Å². The number of thioether (sulfide) groups is 1. The molecule has 1 aliphatic heterocycles. The third kappa shape index (κ3) is 2.17. The van der Waals surface area contributed by atoms with Gasteiger partial charge in [0.25, 0.3) is 5.56 Å². The molecule has 1 atom stereocenters. The molecule has 2 aromatic heterocycles. The number of carbonyl (C=O) groups is 1. The Morgan fingerprint density at radius 3 is 2.89 bits per heavy atom. The molecule has 0 aliphatic carbocycles. The molecule has 5 nitrogen and oxygen atoms in total. The van der Waals surface area contributed by atoms with Gasteiger partial charge in [0.15, 0.2) is 5.16 Å². The Kier molecular flexibility index (Phi) is 3.10. The van der Waals surface area contributed by atoms with E-state index in [4.69, 9.17) is 4.74 Å². The molecule has 1 unspecified atom stereocenters. The van der Waals surface area contributed by atoms with Crippen LogP contribution < -0.4 is 5.56 Å². The van der Waals surface area contributed by atoms with E-state index in [2.05, 4.69) is 9.97 Å². The van der Waals surface area contributed by atoms with Crippen molar-refractivity contribution in [2.24, 2.45) is 0 Å². The molecule has 2 aromatic rings. The minimum atomic E-state index is -0.261. The second-order valence-corrected chi connectivity index (χ2v) is 6.79. The third-order valence-corrected chi connectivity index (χ3v) is 5.39. The van der Waals surface area contributed by atoms with E-state index >= 15 is 0 Å². The Bertz CT molecular complexity index is 720. The van der Waals surface area contributed by atoms with Gasteiger partial charge < -0.3 is 9.72 Å². The number of aromatic nitrogens is 2. The van der Waals surface area contributed by atoms with Crippen molar-refractivity contribution >= 4 is 39.3 Å². The normalized spacial score (nSPS) is 19.1. The maximum Gasteiger partial charge on any atom is 0.319 e. The molecule has 0 spiro atoms. The van der Waals surface area contributed by atoms with Crippen LogP contribution in [0.3, 0.4) is 0 Å². The molecule has 0 radical (unpaired) electrons. The van der Waals surface area contributed by atoms with Gasteiger partial charge in [0, 0.05) is 11.3 Å². The van der Waals surface area contributed by atoms with Crippen molar-refractivity contribution in [2.45, 2.75) is 30.7 Å². The van der Waals surface area contributed by atoms with Crippen LogP contribution >= 0.6 is 23.1 Å². The highest BCUT2D eigenvalue weighted by molar-refractivity contribution is 8.00. The predicted octanol–water partition coefficient (Wildman–Crippen LogP) is 2.01. The third-order valence-electron chi connectivity index (χ3n) is 3.16. The number of aromatic amines is 1. The van der Waals surface area contributed by atoms with E-state index < -0.39 is 0 Å². The molecule has 1 N–H and O–H groups in total. The van der Waals surface area contributed by atoms with Gasteiger partial charge >= 0.3 is 5.97 Å². The first-order chi connectivity index (χ1) is 9.06. The number of aryl methyl sites for hydroxylation is 2. The number of ether oxygens (including phenoxy) is 1. The van der Waals surface area contributed by atoms with Crippen molar-refractivity contribution in [3.8, 4) is 0 Å². The van der Waals surface area contributed by atoms with Crippen LogP contribution in [0.15, 0.2) is 9.95 Å². The lowest BCUT2D eigenvalue weighted by molar-refractivity contribution is -0.137. The number of rotatable bonds is 2. The summed E-state index contributed by atoms with van der Waals surface area (Å²) in [5, 5.41) is 0.881. The Balaban J connectivity index is 2.01. The first-order valence-electron chi connectivity index (χ1n) is 5.89. The maximum atomic E-state index is 12.1. The molecule has 0 aromatic carbocycles. The Labute approximate surface area is 117 Å². The van der Waals surface area contributed by atoms with Crippen LogP contribution in [0.25, 0.3) is 10.2 Å². The molecule has 1 aliphatic rings. The summed E-state index contributed by atoms with van der Waals surface area (Å²) in [5.74, 6) is -0.230. The van der Waals surface area contributed by atoms with Gasteiger partial charge in [0.05, 0.1) is 12.0 Å². The van der Waals surface area contributed by atoms with Gasteiger partial charge in [0.2, 0.25) is 0 Å². The standard InChI is InChI=1S/C12H12N2O3S2/c1-5-6(2)18-10-8(5)9(15)13-12(14-10)19-7-3-4-17-11(7)16/h7H,3-4H2,1-2H3,(H,13,14,15). The second kappa shape index (κ2) is 4.64. The Morgan fingerprint density at radius 2 is 2.21 bits per heavy atom. The molecule has 7 heteroatoms. The van der Waals surface area contributed by atoms with E-state index in [0.29, 0.717) is 23.6 Å². The molecule has 3 rings (SSSR count). The van der Waals surface area contributed by atoms with Gasteiger partial charge in [-0.05, 0) is 19.4 Å². The number of nitrogens with one attached hydrogen (secondary N) is 1. The number of hydrogen-bond acceptors (Lipinski definition) is 6. The van der Waals surface area contributed by atoms with Crippen LogP contribution in [0.4, 0.5) is 0 Å². The SMILES string of the molecule is Cc1sc2nc(SC3CCOC3=O)[nH]c(=O)c2c1C. The summed E-state index contributed by atoms with van der Waals surface area (Å²) >= 11 is 2.77. The molecular weight excluding hydrogens is 284 g/mol. The minimum absolute atomic E-state index is 0.138. The number of carbonyl (C=O) groups excluding carboxylic acids is 1. The van der Waals surface area contributed by atoms with E-state index in [0.717, 1.165) is 15.3 Å². The van der Waals surface area contributed by atoms with E-state index in [1.165, 1.54) is 23.1 Å². The van der Waals surface area contributed by atoms with Gasteiger partial charge in [-0.1, -0.05) is 11.8 Å². The van der Waals surface area contributed by atoms with Crippen molar-refractivity contribution in [3.05, 3.63) is 20.8 Å². The number of H-pyrrole nitrogens is 1. The fourth-order valence-electron chi connectivity index (χ4n) is 2.01.